The van der Waals surface area contributed by atoms with Crippen LogP contribution in [0.1, 0.15) is 30.4 Å². The van der Waals surface area contributed by atoms with E-state index in [1.54, 1.807) is 29.2 Å². The van der Waals surface area contributed by atoms with Crippen LogP contribution in [0.2, 0.25) is 0 Å². The summed E-state index contributed by atoms with van der Waals surface area (Å²) >= 11 is 0. The van der Waals surface area contributed by atoms with Crippen molar-refractivity contribution in [2.45, 2.75) is 37.2 Å². The predicted molar refractivity (Wildman–Crippen MR) is 125 cm³/mol. The zero-order chi connectivity index (χ0) is 25.0. The fraction of sp³-hybridized carbons (Fsp3) is 0.269. The molecular formula is C26H25F2NO5S. The summed E-state index contributed by atoms with van der Waals surface area (Å²) in [5.41, 5.74) is 1.41. The second-order valence-electron chi connectivity index (χ2n) is 8.43. The number of hydrogen-bond donors (Lipinski definition) is 0. The fourth-order valence-electron chi connectivity index (χ4n) is 3.81. The Balaban J connectivity index is 1.59. The zero-order valence-electron chi connectivity index (χ0n) is 19.1. The Morgan fingerprint density at radius 1 is 0.886 bits per heavy atom. The molecule has 3 aromatic carbocycles. The quantitative estimate of drug-likeness (QED) is 0.383. The summed E-state index contributed by atoms with van der Waals surface area (Å²) in [6, 6.07) is 15.0. The van der Waals surface area contributed by atoms with Gasteiger partial charge in [-0.25, -0.2) is 8.78 Å². The molecule has 1 amide bonds. The number of ether oxygens (including phenoxy) is 1. The molecule has 1 saturated carbocycles. The highest BCUT2D eigenvalue weighted by molar-refractivity contribution is 7.87. The van der Waals surface area contributed by atoms with Gasteiger partial charge in [-0.2, -0.15) is 8.42 Å². The highest BCUT2D eigenvalue weighted by Gasteiger charge is 2.30. The standard InChI is InChI=1S/C26H25F2NO5S/c1-33-24-14-7-19(15-25(24)34-35(31,32)23-12-10-22(28)11-13-23)17-29(26(30)20-3-2-4-20)16-18-5-8-21(27)9-6-18/h5-15,20H,2-4,16-17H2,1H3. The van der Waals surface area contributed by atoms with Gasteiger partial charge in [0.15, 0.2) is 11.5 Å². The van der Waals surface area contributed by atoms with Gasteiger partial charge in [-0.15, -0.1) is 0 Å². The van der Waals surface area contributed by atoms with Gasteiger partial charge in [0.05, 0.1) is 7.11 Å². The molecule has 1 aliphatic rings. The van der Waals surface area contributed by atoms with Gasteiger partial charge in [-0.3, -0.25) is 4.79 Å². The summed E-state index contributed by atoms with van der Waals surface area (Å²) in [6.45, 7) is 0.482. The molecule has 0 radical (unpaired) electrons. The van der Waals surface area contributed by atoms with E-state index >= 15 is 0 Å². The molecule has 3 aromatic rings. The van der Waals surface area contributed by atoms with Crippen molar-refractivity contribution in [1.29, 1.82) is 0 Å². The Morgan fingerprint density at radius 3 is 2.03 bits per heavy atom. The average molecular weight is 502 g/mol. The van der Waals surface area contributed by atoms with E-state index in [9.17, 15) is 22.0 Å². The molecule has 9 heteroatoms. The van der Waals surface area contributed by atoms with Gasteiger partial charge in [0.1, 0.15) is 16.5 Å². The van der Waals surface area contributed by atoms with Crippen LogP contribution in [-0.2, 0) is 28.0 Å². The number of carbonyl (C=O) groups is 1. The summed E-state index contributed by atoms with van der Waals surface area (Å²) in [6.07, 6.45) is 2.65. The van der Waals surface area contributed by atoms with Crippen LogP contribution in [0, 0.1) is 17.6 Å². The first kappa shape index (κ1) is 24.7. The van der Waals surface area contributed by atoms with Crippen LogP contribution in [0.25, 0.3) is 0 Å². The first-order valence-corrected chi connectivity index (χ1v) is 12.6. The van der Waals surface area contributed by atoms with E-state index in [0.29, 0.717) is 5.56 Å². The van der Waals surface area contributed by atoms with Crippen molar-refractivity contribution in [3.05, 3.63) is 89.5 Å². The number of halogens is 2. The normalized spacial score (nSPS) is 13.7. The molecule has 0 atom stereocenters. The Bertz CT molecular complexity index is 1290. The monoisotopic (exact) mass is 501 g/mol. The summed E-state index contributed by atoms with van der Waals surface area (Å²) < 4.78 is 62.6. The fourth-order valence-corrected chi connectivity index (χ4v) is 4.74. The molecule has 184 valence electrons. The molecule has 0 N–H and O–H groups in total. The van der Waals surface area contributed by atoms with Gasteiger partial charge < -0.3 is 13.8 Å². The maximum Gasteiger partial charge on any atom is 0.339 e. The molecule has 0 heterocycles. The van der Waals surface area contributed by atoms with Crippen molar-refractivity contribution in [1.82, 2.24) is 4.90 Å². The molecule has 0 unspecified atom stereocenters. The van der Waals surface area contributed by atoms with Crippen LogP contribution >= 0.6 is 0 Å². The Kier molecular flexibility index (Phi) is 7.35. The Hall–Kier alpha value is -3.46. The van der Waals surface area contributed by atoms with E-state index in [1.807, 2.05) is 0 Å². The van der Waals surface area contributed by atoms with E-state index in [1.165, 1.54) is 25.3 Å². The summed E-state index contributed by atoms with van der Waals surface area (Å²) in [5.74, 6) is -0.839. The number of carbonyl (C=O) groups excluding carboxylic acids is 1. The third kappa shape index (κ3) is 5.97. The molecule has 0 bridgehead atoms. The molecule has 0 spiro atoms. The third-order valence-electron chi connectivity index (χ3n) is 5.96. The molecular weight excluding hydrogens is 476 g/mol. The van der Waals surface area contributed by atoms with Crippen molar-refractivity contribution in [3.8, 4) is 11.5 Å². The van der Waals surface area contributed by atoms with E-state index in [0.717, 1.165) is 49.1 Å². The number of nitrogens with zero attached hydrogens (tertiary/aromatic N) is 1. The minimum Gasteiger partial charge on any atom is -0.493 e. The minimum atomic E-state index is -4.25. The Labute approximate surface area is 203 Å². The lowest BCUT2D eigenvalue weighted by Crippen LogP contribution is -2.38. The van der Waals surface area contributed by atoms with Gasteiger partial charge >= 0.3 is 10.1 Å². The van der Waals surface area contributed by atoms with Gasteiger partial charge in [0, 0.05) is 19.0 Å². The van der Waals surface area contributed by atoms with Crippen molar-refractivity contribution in [3.63, 3.8) is 0 Å². The van der Waals surface area contributed by atoms with E-state index < -0.39 is 15.9 Å². The van der Waals surface area contributed by atoms with Crippen LogP contribution in [0.15, 0.2) is 71.6 Å². The molecule has 1 aliphatic carbocycles. The second kappa shape index (κ2) is 10.4. The van der Waals surface area contributed by atoms with Crippen molar-refractivity contribution < 1.29 is 30.9 Å². The smallest absolute Gasteiger partial charge is 0.339 e. The van der Waals surface area contributed by atoms with E-state index in [2.05, 4.69) is 0 Å². The van der Waals surface area contributed by atoms with Gasteiger partial charge in [-0.1, -0.05) is 24.6 Å². The molecule has 35 heavy (non-hydrogen) atoms. The maximum atomic E-state index is 13.3. The van der Waals surface area contributed by atoms with Crippen LogP contribution in [0.3, 0.4) is 0 Å². The van der Waals surface area contributed by atoms with Crippen LogP contribution in [0.5, 0.6) is 11.5 Å². The summed E-state index contributed by atoms with van der Waals surface area (Å²) in [7, 11) is -2.87. The predicted octanol–water partition coefficient (Wildman–Crippen LogP) is 5.07. The lowest BCUT2D eigenvalue weighted by molar-refractivity contribution is -0.139. The number of amides is 1. The van der Waals surface area contributed by atoms with Crippen LogP contribution in [-0.4, -0.2) is 26.3 Å². The highest BCUT2D eigenvalue weighted by atomic mass is 32.2. The average Bonchev–Trinajstić information content (AvgIpc) is 2.79. The van der Waals surface area contributed by atoms with Crippen LogP contribution < -0.4 is 8.92 Å². The first-order chi connectivity index (χ1) is 16.7. The van der Waals surface area contributed by atoms with E-state index in [-0.39, 0.29) is 47.1 Å². The number of methoxy groups -OCH3 is 1. The van der Waals surface area contributed by atoms with Crippen molar-refractivity contribution >= 4 is 16.0 Å². The lowest BCUT2D eigenvalue weighted by Gasteiger charge is -2.32. The van der Waals surface area contributed by atoms with Crippen molar-refractivity contribution in [2.75, 3.05) is 7.11 Å². The maximum absolute atomic E-state index is 13.3. The number of benzene rings is 3. The second-order valence-corrected chi connectivity index (χ2v) is 9.97. The molecule has 0 aromatic heterocycles. The van der Waals surface area contributed by atoms with Crippen LogP contribution in [0.4, 0.5) is 8.78 Å². The van der Waals surface area contributed by atoms with Gasteiger partial charge in [0.2, 0.25) is 5.91 Å². The lowest BCUT2D eigenvalue weighted by atomic mass is 9.84. The summed E-state index contributed by atoms with van der Waals surface area (Å²) in [5, 5.41) is 0. The molecule has 0 aliphatic heterocycles. The number of rotatable bonds is 9. The van der Waals surface area contributed by atoms with Crippen molar-refractivity contribution in [2.24, 2.45) is 5.92 Å². The first-order valence-electron chi connectivity index (χ1n) is 11.2. The minimum absolute atomic E-state index is 0.00204. The molecule has 4 rings (SSSR count). The SMILES string of the molecule is COc1ccc(CN(Cc2ccc(F)cc2)C(=O)C2CCC2)cc1OS(=O)(=O)c1ccc(F)cc1. The highest BCUT2D eigenvalue weighted by Crippen LogP contribution is 2.33. The molecule has 6 nitrogen and oxygen atoms in total. The largest absolute Gasteiger partial charge is 0.493 e. The number of hydrogen-bond acceptors (Lipinski definition) is 5. The van der Waals surface area contributed by atoms with Gasteiger partial charge in [-0.05, 0) is 72.5 Å². The molecule has 0 saturated heterocycles. The summed E-state index contributed by atoms with van der Waals surface area (Å²) in [4.78, 5) is 14.6. The topological polar surface area (TPSA) is 72.9 Å². The zero-order valence-corrected chi connectivity index (χ0v) is 19.9. The molecule has 1 fully saturated rings. The Morgan fingerprint density at radius 2 is 1.46 bits per heavy atom. The van der Waals surface area contributed by atoms with E-state index in [4.69, 9.17) is 8.92 Å². The van der Waals surface area contributed by atoms with Gasteiger partial charge in [0.25, 0.3) is 0 Å². The third-order valence-corrected chi connectivity index (χ3v) is 7.20.